The van der Waals surface area contributed by atoms with Gasteiger partial charge in [-0.2, -0.15) is 0 Å². The SMILES string of the molecule is C=CC(=O)Oc1c2c(c(Oc3ccccc3)c3cc(Cl)ccc13)CCC(C)C2. The predicted octanol–water partition coefficient (Wildman–Crippen LogP) is 6.50. The van der Waals surface area contributed by atoms with Gasteiger partial charge in [0.15, 0.2) is 0 Å². The molecule has 0 aliphatic heterocycles. The van der Waals surface area contributed by atoms with Gasteiger partial charge in [0.25, 0.3) is 0 Å². The normalized spacial score (nSPS) is 15.7. The first kappa shape index (κ1) is 18.6. The number of hydrogen-bond donors (Lipinski definition) is 0. The molecular weight excluding hydrogens is 372 g/mol. The van der Waals surface area contributed by atoms with Crippen molar-refractivity contribution in [3.8, 4) is 17.2 Å². The summed E-state index contributed by atoms with van der Waals surface area (Å²) in [5, 5.41) is 2.27. The topological polar surface area (TPSA) is 35.5 Å². The summed E-state index contributed by atoms with van der Waals surface area (Å²) in [4.78, 5) is 12.0. The summed E-state index contributed by atoms with van der Waals surface area (Å²) in [7, 11) is 0. The molecule has 4 rings (SSSR count). The summed E-state index contributed by atoms with van der Waals surface area (Å²) in [6, 6.07) is 15.3. The van der Waals surface area contributed by atoms with E-state index < -0.39 is 5.97 Å². The molecule has 1 atom stereocenters. The van der Waals surface area contributed by atoms with Gasteiger partial charge in [0.05, 0.1) is 0 Å². The van der Waals surface area contributed by atoms with Crippen LogP contribution in [0.2, 0.25) is 5.02 Å². The summed E-state index contributed by atoms with van der Waals surface area (Å²) in [5.41, 5.74) is 2.12. The van der Waals surface area contributed by atoms with E-state index in [1.807, 2.05) is 42.5 Å². The van der Waals surface area contributed by atoms with E-state index in [0.717, 1.165) is 52.7 Å². The first-order valence-corrected chi connectivity index (χ1v) is 9.78. The first-order valence-electron chi connectivity index (χ1n) is 9.41. The lowest BCUT2D eigenvalue weighted by Gasteiger charge is -2.27. The standard InChI is InChI=1S/C24H21ClO3/c1-3-22(26)28-24-19-12-10-16(25)14-21(19)23(27-17-7-5-4-6-8-17)18-11-9-15(2)13-20(18)24/h3-8,10,12,14-15H,1,9,11,13H2,2H3. The minimum Gasteiger partial charge on any atom is -0.456 e. The lowest BCUT2D eigenvalue weighted by molar-refractivity contribution is -0.128. The van der Waals surface area contributed by atoms with Crippen molar-refractivity contribution < 1.29 is 14.3 Å². The third kappa shape index (κ3) is 3.50. The Balaban J connectivity index is 1.99. The Kier molecular flexibility index (Phi) is 5.10. The molecular formula is C24H21ClO3. The Labute approximate surface area is 169 Å². The Bertz CT molecular complexity index is 1060. The lowest BCUT2D eigenvalue weighted by atomic mass is 9.82. The van der Waals surface area contributed by atoms with Crippen molar-refractivity contribution >= 4 is 28.3 Å². The van der Waals surface area contributed by atoms with E-state index in [2.05, 4.69) is 13.5 Å². The summed E-state index contributed by atoms with van der Waals surface area (Å²) in [5.74, 6) is 2.19. The van der Waals surface area contributed by atoms with Crippen molar-refractivity contribution in [1.29, 1.82) is 0 Å². The number of hydrogen-bond acceptors (Lipinski definition) is 3. The van der Waals surface area contributed by atoms with Gasteiger partial charge in [0, 0.05) is 33.0 Å². The molecule has 0 radical (unpaired) electrons. The summed E-state index contributed by atoms with van der Waals surface area (Å²) in [6.45, 7) is 5.75. The number of carbonyl (C=O) groups excluding carboxylic acids is 1. The summed E-state index contributed by atoms with van der Waals surface area (Å²) < 4.78 is 12.1. The van der Waals surface area contributed by atoms with Gasteiger partial charge in [0.1, 0.15) is 17.2 Å². The van der Waals surface area contributed by atoms with Crippen molar-refractivity contribution in [3.63, 3.8) is 0 Å². The van der Waals surface area contributed by atoms with Crippen molar-refractivity contribution in [3.05, 3.63) is 77.3 Å². The van der Waals surface area contributed by atoms with Crippen molar-refractivity contribution in [2.24, 2.45) is 5.92 Å². The molecule has 0 amide bonds. The van der Waals surface area contributed by atoms with E-state index in [1.165, 1.54) is 6.08 Å². The number of para-hydroxylation sites is 1. The maximum absolute atomic E-state index is 12.0. The van der Waals surface area contributed by atoms with Gasteiger partial charge < -0.3 is 9.47 Å². The summed E-state index contributed by atoms with van der Waals surface area (Å²) >= 11 is 6.31. The highest BCUT2D eigenvalue weighted by atomic mass is 35.5. The van der Waals surface area contributed by atoms with Crippen LogP contribution in [0.5, 0.6) is 17.2 Å². The van der Waals surface area contributed by atoms with Crippen LogP contribution < -0.4 is 9.47 Å². The Morgan fingerprint density at radius 3 is 2.64 bits per heavy atom. The molecule has 0 spiro atoms. The second kappa shape index (κ2) is 7.69. The van der Waals surface area contributed by atoms with Crippen molar-refractivity contribution in [2.45, 2.75) is 26.2 Å². The fraction of sp³-hybridized carbons (Fsp3) is 0.208. The van der Waals surface area contributed by atoms with Crippen LogP contribution in [-0.4, -0.2) is 5.97 Å². The second-order valence-corrected chi connectivity index (χ2v) is 7.63. The molecule has 3 nitrogen and oxygen atoms in total. The van der Waals surface area contributed by atoms with Crippen LogP contribution in [0.4, 0.5) is 0 Å². The van der Waals surface area contributed by atoms with E-state index >= 15 is 0 Å². The number of benzene rings is 3. The quantitative estimate of drug-likeness (QED) is 0.288. The second-order valence-electron chi connectivity index (χ2n) is 7.19. The Hall–Kier alpha value is -2.78. The molecule has 1 aliphatic rings. The monoisotopic (exact) mass is 392 g/mol. The van der Waals surface area contributed by atoms with Gasteiger partial charge >= 0.3 is 5.97 Å². The first-order chi connectivity index (χ1) is 13.6. The number of esters is 1. The zero-order chi connectivity index (χ0) is 19.7. The maximum Gasteiger partial charge on any atom is 0.335 e. The third-order valence-electron chi connectivity index (χ3n) is 5.16. The molecule has 3 aromatic rings. The fourth-order valence-electron chi connectivity index (χ4n) is 3.80. The smallest absolute Gasteiger partial charge is 0.335 e. The number of carbonyl (C=O) groups is 1. The van der Waals surface area contributed by atoms with Crippen molar-refractivity contribution in [2.75, 3.05) is 0 Å². The third-order valence-corrected chi connectivity index (χ3v) is 5.39. The molecule has 0 fully saturated rings. The van der Waals surface area contributed by atoms with Gasteiger partial charge in [-0.3, -0.25) is 0 Å². The van der Waals surface area contributed by atoms with Gasteiger partial charge in [-0.15, -0.1) is 0 Å². The van der Waals surface area contributed by atoms with Gasteiger partial charge in [-0.25, -0.2) is 4.79 Å². The summed E-state index contributed by atoms with van der Waals surface area (Å²) in [6.07, 6.45) is 3.94. The van der Waals surface area contributed by atoms with Crippen LogP contribution in [0.1, 0.15) is 24.5 Å². The molecule has 1 unspecified atom stereocenters. The highest BCUT2D eigenvalue weighted by Gasteiger charge is 2.27. The minimum absolute atomic E-state index is 0.464. The van der Waals surface area contributed by atoms with E-state index in [0.29, 0.717) is 16.7 Å². The number of fused-ring (bicyclic) bond motifs is 2. The molecule has 0 saturated heterocycles. The average molecular weight is 393 g/mol. The molecule has 0 bridgehead atoms. The Morgan fingerprint density at radius 2 is 1.89 bits per heavy atom. The largest absolute Gasteiger partial charge is 0.456 e. The zero-order valence-corrected chi connectivity index (χ0v) is 16.5. The van der Waals surface area contributed by atoms with Gasteiger partial charge in [-0.05, 0) is 55.5 Å². The van der Waals surface area contributed by atoms with Crippen molar-refractivity contribution in [1.82, 2.24) is 0 Å². The highest BCUT2D eigenvalue weighted by Crippen LogP contribution is 2.47. The lowest BCUT2D eigenvalue weighted by Crippen LogP contribution is -2.16. The molecule has 0 saturated carbocycles. The molecule has 3 aromatic carbocycles. The minimum atomic E-state index is -0.464. The van der Waals surface area contributed by atoms with Gasteiger partial charge in [0.2, 0.25) is 0 Å². The van der Waals surface area contributed by atoms with E-state index in [4.69, 9.17) is 21.1 Å². The number of halogens is 1. The highest BCUT2D eigenvalue weighted by molar-refractivity contribution is 6.31. The fourth-order valence-corrected chi connectivity index (χ4v) is 3.98. The van der Waals surface area contributed by atoms with Crippen LogP contribution >= 0.6 is 11.6 Å². The van der Waals surface area contributed by atoms with Crippen LogP contribution in [-0.2, 0) is 17.6 Å². The molecule has 4 heteroatoms. The molecule has 1 aliphatic carbocycles. The van der Waals surface area contributed by atoms with E-state index in [9.17, 15) is 4.79 Å². The molecule has 28 heavy (non-hydrogen) atoms. The van der Waals surface area contributed by atoms with Crippen LogP contribution in [0.15, 0.2) is 61.2 Å². The van der Waals surface area contributed by atoms with E-state index in [1.54, 1.807) is 6.07 Å². The van der Waals surface area contributed by atoms with Gasteiger partial charge in [-0.1, -0.05) is 43.3 Å². The average Bonchev–Trinajstić information content (AvgIpc) is 2.71. The van der Waals surface area contributed by atoms with Crippen LogP contribution in [0.25, 0.3) is 10.8 Å². The number of rotatable bonds is 4. The molecule has 0 heterocycles. The van der Waals surface area contributed by atoms with Crippen LogP contribution in [0.3, 0.4) is 0 Å². The zero-order valence-electron chi connectivity index (χ0n) is 15.7. The molecule has 142 valence electrons. The van der Waals surface area contributed by atoms with Crippen LogP contribution in [0, 0.1) is 5.92 Å². The maximum atomic E-state index is 12.0. The number of ether oxygens (including phenoxy) is 2. The molecule has 0 aromatic heterocycles. The Morgan fingerprint density at radius 1 is 1.11 bits per heavy atom. The molecule has 0 N–H and O–H groups in total. The predicted molar refractivity (Wildman–Crippen MR) is 112 cm³/mol. The van der Waals surface area contributed by atoms with E-state index in [-0.39, 0.29) is 0 Å².